The van der Waals surface area contributed by atoms with E-state index in [-0.39, 0.29) is 6.03 Å². The summed E-state index contributed by atoms with van der Waals surface area (Å²) in [6.07, 6.45) is 1.74. The number of urea groups is 1. The van der Waals surface area contributed by atoms with Crippen molar-refractivity contribution in [2.24, 2.45) is 0 Å². The fourth-order valence-electron chi connectivity index (χ4n) is 3.50. The molecule has 0 aliphatic carbocycles. The van der Waals surface area contributed by atoms with Gasteiger partial charge in [0.25, 0.3) is 0 Å². The maximum absolute atomic E-state index is 13.0. The third kappa shape index (κ3) is 3.61. The third-order valence-electron chi connectivity index (χ3n) is 5.04. The van der Waals surface area contributed by atoms with Crippen molar-refractivity contribution in [1.82, 2.24) is 20.1 Å². The van der Waals surface area contributed by atoms with Crippen LogP contribution >= 0.6 is 0 Å². The Kier molecular flexibility index (Phi) is 5.07. The third-order valence-corrected chi connectivity index (χ3v) is 5.04. The molecule has 29 heavy (non-hydrogen) atoms. The molecule has 1 saturated heterocycles. The number of carbonyl (C=O) groups is 1. The molecule has 2 amide bonds. The van der Waals surface area contributed by atoms with Gasteiger partial charge < -0.3 is 14.4 Å². The molecule has 3 aromatic rings. The van der Waals surface area contributed by atoms with Gasteiger partial charge in [-0.3, -0.25) is 10.00 Å². The molecule has 3 heterocycles. The molecule has 4 rings (SSSR count). The first kappa shape index (κ1) is 18.8. The van der Waals surface area contributed by atoms with Crippen molar-refractivity contribution in [3.05, 3.63) is 53.9 Å². The normalized spacial score (nSPS) is 13.8. The van der Waals surface area contributed by atoms with E-state index in [9.17, 15) is 4.79 Å². The average Bonchev–Trinajstić information content (AvgIpc) is 3.33. The van der Waals surface area contributed by atoms with Crippen LogP contribution in [0.1, 0.15) is 11.3 Å². The maximum Gasteiger partial charge on any atom is 0.326 e. The second kappa shape index (κ2) is 7.83. The number of ether oxygens (including phenoxy) is 2. The minimum atomic E-state index is -0.0744. The summed E-state index contributed by atoms with van der Waals surface area (Å²) in [5.41, 5.74) is 3.71. The zero-order valence-electron chi connectivity index (χ0n) is 16.7. The molecule has 0 radical (unpaired) electrons. The first-order valence-electron chi connectivity index (χ1n) is 9.35. The van der Waals surface area contributed by atoms with Gasteiger partial charge in [-0.1, -0.05) is 12.1 Å². The molecule has 0 unspecified atom stereocenters. The summed E-state index contributed by atoms with van der Waals surface area (Å²) in [5, 5.41) is 6.98. The molecule has 8 heteroatoms. The van der Waals surface area contributed by atoms with Crippen LogP contribution in [0.25, 0.3) is 11.1 Å². The minimum Gasteiger partial charge on any atom is -0.497 e. The standard InChI is InChI=1S/C21H23N5O3/c1-14-18(12-22-24-14)17-7-8-19(23-20(17)29-3)26-10-9-25(21(26)27)13-15-5-4-6-16(11-15)28-2/h4-8,11-12H,9-10,13H2,1-3H3,(H,22,24). The Morgan fingerprint density at radius 1 is 1.10 bits per heavy atom. The number of benzene rings is 1. The summed E-state index contributed by atoms with van der Waals surface area (Å²) >= 11 is 0. The quantitative estimate of drug-likeness (QED) is 0.695. The van der Waals surface area contributed by atoms with Gasteiger partial charge >= 0.3 is 6.03 Å². The number of pyridine rings is 1. The van der Waals surface area contributed by atoms with Crippen LogP contribution < -0.4 is 14.4 Å². The zero-order chi connectivity index (χ0) is 20.4. The van der Waals surface area contributed by atoms with Crippen molar-refractivity contribution in [2.45, 2.75) is 13.5 Å². The number of aromatic amines is 1. The Morgan fingerprint density at radius 3 is 2.69 bits per heavy atom. The molecule has 1 aromatic carbocycles. The van der Waals surface area contributed by atoms with Gasteiger partial charge in [0.15, 0.2) is 0 Å². The Morgan fingerprint density at radius 2 is 1.97 bits per heavy atom. The summed E-state index contributed by atoms with van der Waals surface area (Å²) < 4.78 is 10.8. The number of anilines is 1. The van der Waals surface area contributed by atoms with Crippen LogP contribution in [-0.4, -0.2) is 53.4 Å². The highest BCUT2D eigenvalue weighted by molar-refractivity contribution is 5.93. The van der Waals surface area contributed by atoms with E-state index >= 15 is 0 Å². The van der Waals surface area contributed by atoms with Crippen molar-refractivity contribution in [2.75, 3.05) is 32.2 Å². The number of carbonyl (C=O) groups excluding carboxylic acids is 1. The minimum absolute atomic E-state index is 0.0744. The number of methoxy groups -OCH3 is 2. The Labute approximate surface area is 169 Å². The van der Waals surface area contributed by atoms with E-state index in [0.29, 0.717) is 31.3 Å². The predicted octanol–water partition coefficient (Wildman–Crippen LogP) is 3.24. The summed E-state index contributed by atoms with van der Waals surface area (Å²) in [7, 11) is 3.21. The summed E-state index contributed by atoms with van der Waals surface area (Å²) in [6.45, 7) is 3.66. The van der Waals surface area contributed by atoms with E-state index in [2.05, 4.69) is 15.2 Å². The van der Waals surface area contributed by atoms with Gasteiger partial charge in [-0.05, 0) is 36.8 Å². The maximum atomic E-state index is 13.0. The molecule has 0 bridgehead atoms. The molecular formula is C21H23N5O3. The number of amides is 2. The molecule has 150 valence electrons. The van der Waals surface area contributed by atoms with Crippen LogP contribution in [0.3, 0.4) is 0 Å². The fraction of sp³-hybridized carbons (Fsp3) is 0.286. The predicted molar refractivity (Wildman–Crippen MR) is 109 cm³/mol. The fourth-order valence-corrected chi connectivity index (χ4v) is 3.50. The highest BCUT2D eigenvalue weighted by atomic mass is 16.5. The number of hydrogen-bond acceptors (Lipinski definition) is 5. The molecule has 1 fully saturated rings. The van der Waals surface area contributed by atoms with Crippen molar-refractivity contribution in [3.8, 4) is 22.8 Å². The molecule has 8 nitrogen and oxygen atoms in total. The van der Waals surface area contributed by atoms with Crippen molar-refractivity contribution in [3.63, 3.8) is 0 Å². The lowest BCUT2D eigenvalue weighted by Gasteiger charge is -2.19. The van der Waals surface area contributed by atoms with Gasteiger partial charge in [-0.15, -0.1) is 0 Å². The summed E-state index contributed by atoms with van der Waals surface area (Å²) in [6, 6.07) is 11.4. The lowest BCUT2D eigenvalue weighted by Crippen LogP contribution is -2.32. The number of aryl methyl sites for hydroxylation is 1. The van der Waals surface area contributed by atoms with E-state index in [1.165, 1.54) is 0 Å². The highest BCUT2D eigenvalue weighted by Crippen LogP contribution is 2.32. The van der Waals surface area contributed by atoms with Gasteiger partial charge in [0, 0.05) is 36.5 Å². The van der Waals surface area contributed by atoms with E-state index in [4.69, 9.17) is 9.47 Å². The summed E-state index contributed by atoms with van der Waals surface area (Å²) in [4.78, 5) is 21.0. The second-order valence-corrected chi connectivity index (χ2v) is 6.84. The van der Waals surface area contributed by atoms with Crippen LogP contribution in [0.5, 0.6) is 11.6 Å². The van der Waals surface area contributed by atoms with Crippen LogP contribution in [0.4, 0.5) is 10.6 Å². The van der Waals surface area contributed by atoms with Crippen molar-refractivity contribution in [1.29, 1.82) is 0 Å². The first-order valence-corrected chi connectivity index (χ1v) is 9.35. The number of nitrogens with zero attached hydrogens (tertiary/aromatic N) is 4. The lowest BCUT2D eigenvalue weighted by atomic mass is 10.1. The second-order valence-electron chi connectivity index (χ2n) is 6.84. The van der Waals surface area contributed by atoms with Crippen LogP contribution in [-0.2, 0) is 6.54 Å². The van der Waals surface area contributed by atoms with E-state index in [1.807, 2.05) is 43.3 Å². The van der Waals surface area contributed by atoms with E-state index in [0.717, 1.165) is 28.1 Å². The van der Waals surface area contributed by atoms with Crippen molar-refractivity contribution >= 4 is 11.8 Å². The van der Waals surface area contributed by atoms with Crippen LogP contribution in [0, 0.1) is 6.92 Å². The number of H-pyrrole nitrogens is 1. The van der Waals surface area contributed by atoms with Gasteiger partial charge in [-0.25, -0.2) is 4.79 Å². The molecule has 0 saturated carbocycles. The van der Waals surface area contributed by atoms with Crippen LogP contribution in [0.2, 0.25) is 0 Å². The van der Waals surface area contributed by atoms with Crippen molar-refractivity contribution < 1.29 is 14.3 Å². The first-order chi connectivity index (χ1) is 14.1. The molecule has 0 spiro atoms. The topological polar surface area (TPSA) is 83.6 Å². The number of hydrogen-bond donors (Lipinski definition) is 1. The average molecular weight is 393 g/mol. The van der Waals surface area contributed by atoms with E-state index < -0.39 is 0 Å². The van der Waals surface area contributed by atoms with Crippen LogP contribution in [0.15, 0.2) is 42.6 Å². The largest absolute Gasteiger partial charge is 0.497 e. The molecule has 1 aliphatic rings. The number of aromatic nitrogens is 3. The molecule has 2 aromatic heterocycles. The molecular weight excluding hydrogens is 370 g/mol. The number of nitrogens with one attached hydrogen (secondary N) is 1. The highest BCUT2D eigenvalue weighted by Gasteiger charge is 2.31. The summed E-state index contributed by atoms with van der Waals surface area (Å²) in [5.74, 6) is 1.82. The molecule has 1 aliphatic heterocycles. The smallest absolute Gasteiger partial charge is 0.326 e. The Hall–Kier alpha value is -3.55. The Bertz CT molecular complexity index is 1030. The SMILES string of the molecule is COc1cccc(CN2CCN(c3ccc(-c4cn[nH]c4C)c(OC)n3)C2=O)c1. The monoisotopic (exact) mass is 393 g/mol. The van der Waals surface area contributed by atoms with Gasteiger partial charge in [-0.2, -0.15) is 10.1 Å². The molecule has 1 N–H and O–H groups in total. The van der Waals surface area contributed by atoms with Gasteiger partial charge in [0.05, 0.1) is 20.4 Å². The van der Waals surface area contributed by atoms with E-state index in [1.54, 1.807) is 30.2 Å². The van der Waals surface area contributed by atoms with Gasteiger partial charge in [0.1, 0.15) is 11.6 Å². The lowest BCUT2D eigenvalue weighted by molar-refractivity contribution is 0.218. The molecule has 0 atom stereocenters. The zero-order valence-corrected chi connectivity index (χ0v) is 16.7. The number of rotatable bonds is 6. The Balaban J connectivity index is 1.54. The van der Waals surface area contributed by atoms with Gasteiger partial charge in [0.2, 0.25) is 5.88 Å².